The number of alkyl halides is 2. The summed E-state index contributed by atoms with van der Waals surface area (Å²) in [7, 11) is 0. The maximum absolute atomic E-state index is 14.3. The third kappa shape index (κ3) is 6.91. The van der Waals surface area contributed by atoms with Gasteiger partial charge in [0, 0.05) is 38.4 Å². The molecule has 1 aromatic heterocycles. The zero-order valence-corrected chi connectivity index (χ0v) is 22.0. The molecule has 0 amide bonds. The third-order valence-corrected chi connectivity index (χ3v) is 7.85. The van der Waals surface area contributed by atoms with E-state index in [2.05, 4.69) is 17.4 Å². The van der Waals surface area contributed by atoms with Gasteiger partial charge in [-0.25, -0.2) is 13.2 Å². The summed E-state index contributed by atoms with van der Waals surface area (Å²) in [6.45, 7) is 1.71. The molecule has 3 aliphatic heterocycles. The van der Waals surface area contributed by atoms with Gasteiger partial charge in [-0.2, -0.15) is 0 Å². The van der Waals surface area contributed by atoms with Crippen molar-refractivity contribution < 1.29 is 32.5 Å². The number of fused-ring (bicyclic) bond motifs is 1. The predicted octanol–water partition coefficient (Wildman–Crippen LogP) is 5.31. The van der Waals surface area contributed by atoms with Crippen LogP contribution in [-0.4, -0.2) is 65.8 Å². The molecule has 3 atom stereocenters. The van der Waals surface area contributed by atoms with Crippen molar-refractivity contribution in [3.8, 4) is 0 Å². The third-order valence-electron chi connectivity index (χ3n) is 7.85. The van der Waals surface area contributed by atoms with Crippen molar-refractivity contribution in [2.75, 3.05) is 38.2 Å². The first-order valence-electron chi connectivity index (χ1n) is 13.9. The molecule has 0 saturated carbocycles. The second-order valence-electron chi connectivity index (χ2n) is 10.8. The normalized spacial score (nSPS) is 23.7. The average molecular weight is 548 g/mol. The van der Waals surface area contributed by atoms with Gasteiger partial charge < -0.3 is 19.9 Å². The number of carboxylic acids is 1. The number of aromatic nitrogens is 1. The van der Waals surface area contributed by atoms with Crippen LogP contribution in [-0.2, 0) is 27.1 Å². The fourth-order valence-electron chi connectivity index (χ4n) is 5.83. The Kier molecular flexibility index (Phi) is 8.73. The Bertz CT molecular complexity index is 1150. The molecule has 2 fully saturated rings. The van der Waals surface area contributed by atoms with Crippen LogP contribution in [0.4, 0.5) is 18.9 Å². The van der Waals surface area contributed by atoms with Gasteiger partial charge >= 0.3 is 5.97 Å². The van der Waals surface area contributed by atoms with Crippen LogP contribution in [0.2, 0.25) is 0 Å². The van der Waals surface area contributed by atoms with E-state index in [1.54, 1.807) is 4.90 Å². The minimum Gasteiger partial charge on any atom is -0.480 e. The molecule has 1 aromatic carbocycles. The highest BCUT2D eigenvalue weighted by Gasteiger charge is 2.40. The molecule has 2 N–H and O–H groups in total. The standard InChI is InChI=1S/C29H36F3N3O4/c30-19-6-8-22(26-10-12-29(31,32)18-39-26)23(16-19)27(28(36)37)35-14-11-21(17-35)38-15-2-1-4-20-7-9-24-25(34-20)5-3-13-33-24/h6-9,16,21,26-27,33H,1-5,10-15,17-18H2,(H,36,37)/t21-,26?,27?/m1/s1. The van der Waals surface area contributed by atoms with E-state index >= 15 is 0 Å². The van der Waals surface area contributed by atoms with Crippen molar-refractivity contribution in [2.45, 2.75) is 75.5 Å². The van der Waals surface area contributed by atoms with E-state index in [9.17, 15) is 23.1 Å². The van der Waals surface area contributed by atoms with E-state index in [1.807, 2.05) is 0 Å². The lowest BCUT2D eigenvalue weighted by molar-refractivity contribution is -0.147. The van der Waals surface area contributed by atoms with Gasteiger partial charge in [-0.05, 0) is 80.3 Å². The van der Waals surface area contributed by atoms with Crippen LogP contribution in [0.5, 0.6) is 0 Å². The number of aliphatic carboxylic acids is 1. The van der Waals surface area contributed by atoms with E-state index in [0.717, 1.165) is 55.7 Å². The van der Waals surface area contributed by atoms with Crippen LogP contribution in [0, 0.1) is 5.82 Å². The molecule has 0 aliphatic carbocycles. The summed E-state index contributed by atoms with van der Waals surface area (Å²) in [4.78, 5) is 18.9. The molecule has 5 rings (SSSR count). The molecule has 2 unspecified atom stereocenters. The second kappa shape index (κ2) is 12.2. The summed E-state index contributed by atoms with van der Waals surface area (Å²) < 4.78 is 53.0. The van der Waals surface area contributed by atoms with Crippen LogP contribution in [0.1, 0.15) is 73.2 Å². The van der Waals surface area contributed by atoms with Crippen molar-refractivity contribution in [3.63, 3.8) is 0 Å². The van der Waals surface area contributed by atoms with Gasteiger partial charge in [0.15, 0.2) is 0 Å². The van der Waals surface area contributed by atoms with Gasteiger partial charge in [-0.15, -0.1) is 0 Å². The van der Waals surface area contributed by atoms with Crippen LogP contribution in [0.25, 0.3) is 0 Å². The van der Waals surface area contributed by atoms with Gasteiger partial charge in [-0.3, -0.25) is 14.7 Å². The van der Waals surface area contributed by atoms with Crippen molar-refractivity contribution >= 4 is 11.7 Å². The first kappa shape index (κ1) is 27.9. The molecule has 39 heavy (non-hydrogen) atoms. The predicted molar refractivity (Wildman–Crippen MR) is 140 cm³/mol. The minimum atomic E-state index is -2.91. The summed E-state index contributed by atoms with van der Waals surface area (Å²) in [5, 5.41) is 13.5. The fraction of sp³-hybridized carbons (Fsp3) is 0.586. The number of hydrogen-bond acceptors (Lipinski definition) is 6. The van der Waals surface area contributed by atoms with Crippen molar-refractivity contribution in [1.29, 1.82) is 0 Å². The Balaban J connectivity index is 1.14. The number of pyridine rings is 1. The molecule has 0 radical (unpaired) electrons. The fourth-order valence-corrected chi connectivity index (χ4v) is 5.83. The van der Waals surface area contributed by atoms with Gasteiger partial charge in [0.2, 0.25) is 0 Å². The number of aryl methyl sites for hydroxylation is 2. The summed E-state index contributed by atoms with van der Waals surface area (Å²) in [6.07, 6.45) is 4.34. The molecule has 2 aromatic rings. The topological polar surface area (TPSA) is 83.9 Å². The lowest BCUT2D eigenvalue weighted by Crippen LogP contribution is -2.36. The highest BCUT2D eigenvalue weighted by atomic mass is 19.3. The number of nitrogens with zero attached hydrogens (tertiary/aromatic N) is 2. The molecule has 10 heteroatoms. The van der Waals surface area contributed by atoms with Crippen molar-refractivity contribution in [2.24, 2.45) is 0 Å². The Hall–Kier alpha value is -2.69. The van der Waals surface area contributed by atoms with Gasteiger partial charge in [0.05, 0.1) is 23.6 Å². The summed E-state index contributed by atoms with van der Waals surface area (Å²) >= 11 is 0. The molecule has 0 spiro atoms. The summed E-state index contributed by atoms with van der Waals surface area (Å²) in [5.74, 6) is -4.59. The molecule has 2 saturated heterocycles. The van der Waals surface area contributed by atoms with Crippen molar-refractivity contribution in [3.05, 3.63) is 58.7 Å². The van der Waals surface area contributed by atoms with Crippen LogP contribution in [0.3, 0.4) is 0 Å². The molecule has 0 bridgehead atoms. The number of halogens is 3. The Morgan fingerprint density at radius 2 is 2.13 bits per heavy atom. The summed E-state index contributed by atoms with van der Waals surface area (Å²) in [5.41, 5.74) is 4.08. The van der Waals surface area contributed by atoms with E-state index in [4.69, 9.17) is 14.5 Å². The number of likely N-dealkylation sites (tertiary alicyclic amines) is 1. The Morgan fingerprint density at radius 3 is 2.92 bits per heavy atom. The number of carboxylic acid groups (broad SMARTS) is 1. The quantitative estimate of drug-likeness (QED) is 0.391. The number of ether oxygens (including phenoxy) is 2. The first-order chi connectivity index (χ1) is 18.8. The summed E-state index contributed by atoms with van der Waals surface area (Å²) in [6, 6.07) is 6.96. The minimum absolute atomic E-state index is 0.0432. The zero-order chi connectivity index (χ0) is 27.4. The SMILES string of the molecule is O=C(O)C(c1cc(F)ccc1C1CCC(F)(F)CO1)N1CC[C@@H](OCCCCc2ccc3c(n2)CCCN3)C1. The second-order valence-corrected chi connectivity index (χ2v) is 10.8. The maximum atomic E-state index is 14.3. The van der Waals surface area contributed by atoms with E-state index in [-0.39, 0.29) is 24.5 Å². The maximum Gasteiger partial charge on any atom is 0.325 e. The van der Waals surface area contributed by atoms with E-state index in [1.165, 1.54) is 18.2 Å². The van der Waals surface area contributed by atoms with Gasteiger partial charge in [0.1, 0.15) is 18.5 Å². The molecular formula is C29H36F3N3O4. The highest BCUT2D eigenvalue weighted by molar-refractivity contribution is 5.76. The van der Waals surface area contributed by atoms with Crippen LogP contribution >= 0.6 is 0 Å². The largest absolute Gasteiger partial charge is 0.480 e. The highest BCUT2D eigenvalue weighted by Crippen LogP contribution is 2.40. The number of benzene rings is 1. The number of anilines is 1. The van der Waals surface area contributed by atoms with E-state index in [0.29, 0.717) is 31.7 Å². The number of hydrogen-bond donors (Lipinski definition) is 2. The smallest absolute Gasteiger partial charge is 0.325 e. The molecule has 3 aliphatic rings. The van der Waals surface area contributed by atoms with Crippen molar-refractivity contribution in [1.82, 2.24) is 9.88 Å². The first-order valence-corrected chi connectivity index (χ1v) is 13.9. The molecule has 4 heterocycles. The number of unbranched alkanes of at least 4 members (excludes halogenated alkanes) is 1. The Morgan fingerprint density at radius 1 is 1.26 bits per heavy atom. The van der Waals surface area contributed by atoms with Crippen LogP contribution in [0.15, 0.2) is 30.3 Å². The van der Waals surface area contributed by atoms with Gasteiger partial charge in [-0.1, -0.05) is 6.07 Å². The monoisotopic (exact) mass is 547 g/mol. The number of carbonyl (C=O) groups is 1. The zero-order valence-electron chi connectivity index (χ0n) is 22.0. The molecule has 212 valence electrons. The van der Waals surface area contributed by atoms with Gasteiger partial charge in [0.25, 0.3) is 5.92 Å². The van der Waals surface area contributed by atoms with Crippen LogP contribution < -0.4 is 5.32 Å². The number of rotatable bonds is 10. The van der Waals surface area contributed by atoms with E-state index < -0.39 is 36.5 Å². The number of nitrogens with one attached hydrogen (secondary N) is 1. The Labute approximate surface area is 226 Å². The lowest BCUT2D eigenvalue weighted by atomic mass is 9.91. The molecule has 7 nitrogen and oxygen atoms in total. The average Bonchev–Trinajstić information content (AvgIpc) is 3.37. The lowest BCUT2D eigenvalue weighted by Gasteiger charge is -2.32. The molecular weight excluding hydrogens is 511 g/mol.